The van der Waals surface area contributed by atoms with Crippen molar-refractivity contribution in [1.29, 1.82) is 5.41 Å². The molecule has 1 unspecified atom stereocenters. The molecule has 0 bridgehead atoms. The van der Waals surface area contributed by atoms with Crippen LogP contribution in [0.15, 0.2) is 23.0 Å². The van der Waals surface area contributed by atoms with Crippen LogP contribution in [0.25, 0.3) is 0 Å². The van der Waals surface area contributed by atoms with Crippen molar-refractivity contribution in [3.63, 3.8) is 0 Å². The van der Waals surface area contributed by atoms with Crippen molar-refractivity contribution < 1.29 is 19.0 Å². The number of hydrogen-bond acceptors (Lipinski definition) is 6. The molecule has 0 radical (unpaired) electrons. The Bertz CT molecular complexity index is 501. The minimum atomic E-state index is -0.852. The quantitative estimate of drug-likeness (QED) is 0.128. The number of furan rings is 1. The van der Waals surface area contributed by atoms with Crippen molar-refractivity contribution >= 4 is 18.2 Å². The van der Waals surface area contributed by atoms with E-state index in [0.29, 0.717) is 24.7 Å². The lowest BCUT2D eigenvalue weighted by molar-refractivity contribution is -0.525. The van der Waals surface area contributed by atoms with Crippen LogP contribution in [0.5, 0.6) is 0 Å². The van der Waals surface area contributed by atoms with Gasteiger partial charge in [-0.25, -0.2) is 10.1 Å². The average Bonchev–Trinajstić information content (AvgIpc) is 2.95. The lowest BCUT2D eigenvalue weighted by Crippen LogP contribution is -2.41. The number of nitro groups is 1. The van der Waals surface area contributed by atoms with Gasteiger partial charge in [-0.1, -0.05) is 5.43 Å². The largest absolute Gasteiger partial charge is 0.472 e. The Hall–Kier alpha value is -2.91. The Morgan fingerprint density at radius 3 is 2.90 bits per heavy atom. The molecule has 0 aliphatic rings. The molecule has 1 heterocycles. The van der Waals surface area contributed by atoms with Gasteiger partial charge in [-0.3, -0.25) is 10.2 Å². The summed E-state index contributed by atoms with van der Waals surface area (Å²) in [6.45, 7) is 0.256. The number of amides is 1. The Kier molecular flexibility index (Phi) is 6.38. The number of nitrogens with one attached hydrogen (secondary N) is 4. The van der Waals surface area contributed by atoms with Gasteiger partial charge >= 0.3 is 0 Å². The van der Waals surface area contributed by atoms with Gasteiger partial charge in [0.1, 0.15) is 12.5 Å². The lowest BCUT2D eigenvalue weighted by atomic mass is 10.1. The van der Waals surface area contributed by atoms with Gasteiger partial charge in [0, 0.05) is 6.54 Å². The van der Waals surface area contributed by atoms with Crippen molar-refractivity contribution in [2.45, 2.75) is 18.9 Å². The van der Waals surface area contributed by atoms with Gasteiger partial charge < -0.3 is 19.8 Å². The molecule has 1 rings (SSSR count). The van der Waals surface area contributed by atoms with Gasteiger partial charge in [-0.2, -0.15) is 0 Å². The Balaban J connectivity index is 2.25. The summed E-state index contributed by atoms with van der Waals surface area (Å²) in [5, 5.41) is 21.3. The molecular weight excluding hydrogens is 282 g/mol. The topological polar surface area (TPSA) is 150 Å². The second kappa shape index (κ2) is 8.30. The van der Waals surface area contributed by atoms with Gasteiger partial charge in [0.25, 0.3) is 11.9 Å². The fraction of sp³-hybridized carbons (Fsp3) is 0.364. The summed E-state index contributed by atoms with van der Waals surface area (Å²) in [5.74, 6) is -0.860. The van der Waals surface area contributed by atoms with Crippen molar-refractivity contribution in [1.82, 2.24) is 16.1 Å². The normalized spacial score (nSPS) is 11.2. The van der Waals surface area contributed by atoms with Crippen molar-refractivity contribution in [2.75, 3.05) is 6.54 Å². The van der Waals surface area contributed by atoms with Crippen LogP contribution in [0.3, 0.4) is 0 Å². The summed E-state index contributed by atoms with van der Waals surface area (Å²) in [7, 11) is 0. The minimum Gasteiger partial charge on any atom is -0.472 e. The smallest absolute Gasteiger partial charge is 0.255 e. The highest BCUT2D eigenvalue weighted by Gasteiger charge is 2.13. The van der Waals surface area contributed by atoms with Gasteiger partial charge in [0.15, 0.2) is 5.03 Å². The van der Waals surface area contributed by atoms with Crippen LogP contribution in [-0.4, -0.2) is 35.8 Å². The van der Waals surface area contributed by atoms with Crippen LogP contribution in [0.4, 0.5) is 0 Å². The highest BCUT2D eigenvalue weighted by atomic mass is 16.7. The first-order chi connectivity index (χ1) is 10.0. The van der Waals surface area contributed by atoms with Crippen molar-refractivity contribution in [3.05, 3.63) is 34.3 Å². The SMILES string of the molecule is N=C(NCCCC(C=O)NC(=O)c1ccoc1)N[N+](=O)[O-]. The van der Waals surface area contributed by atoms with Crippen LogP contribution in [0.2, 0.25) is 0 Å². The third-order valence-electron chi connectivity index (χ3n) is 2.46. The Morgan fingerprint density at radius 2 is 2.33 bits per heavy atom. The second-order valence-corrected chi connectivity index (χ2v) is 4.04. The molecular formula is C11H15N5O5. The van der Waals surface area contributed by atoms with E-state index >= 15 is 0 Å². The zero-order chi connectivity index (χ0) is 15.7. The van der Waals surface area contributed by atoms with E-state index in [1.807, 2.05) is 0 Å². The van der Waals surface area contributed by atoms with Crippen molar-refractivity contribution in [2.24, 2.45) is 0 Å². The lowest BCUT2D eigenvalue weighted by Gasteiger charge is -2.12. The number of carbonyl (C=O) groups excluding carboxylic acids is 2. The number of nitrogens with zero attached hydrogens (tertiary/aromatic N) is 1. The third kappa shape index (κ3) is 6.18. The highest BCUT2D eigenvalue weighted by Crippen LogP contribution is 2.01. The number of rotatable bonds is 8. The van der Waals surface area contributed by atoms with Crippen LogP contribution in [0, 0.1) is 15.5 Å². The Morgan fingerprint density at radius 1 is 1.57 bits per heavy atom. The molecule has 0 saturated heterocycles. The summed E-state index contributed by atoms with van der Waals surface area (Å²) in [5.41, 5.74) is 1.96. The second-order valence-electron chi connectivity index (χ2n) is 4.04. The Labute approximate surface area is 119 Å². The molecule has 1 amide bonds. The molecule has 10 heteroatoms. The zero-order valence-corrected chi connectivity index (χ0v) is 11.0. The third-order valence-corrected chi connectivity index (χ3v) is 2.46. The van der Waals surface area contributed by atoms with Crippen LogP contribution < -0.4 is 16.1 Å². The molecule has 21 heavy (non-hydrogen) atoms. The van der Waals surface area contributed by atoms with E-state index < -0.39 is 22.9 Å². The number of carbonyl (C=O) groups is 2. The minimum absolute atomic E-state index is 0.256. The predicted molar refractivity (Wildman–Crippen MR) is 71.1 cm³/mol. The van der Waals surface area contributed by atoms with E-state index in [4.69, 9.17) is 9.83 Å². The fourth-order valence-corrected chi connectivity index (χ4v) is 1.49. The van der Waals surface area contributed by atoms with Crippen LogP contribution in [-0.2, 0) is 4.79 Å². The molecule has 0 aliphatic carbocycles. The molecule has 0 aliphatic heterocycles. The van der Waals surface area contributed by atoms with Crippen LogP contribution >= 0.6 is 0 Å². The first-order valence-electron chi connectivity index (χ1n) is 6.04. The molecule has 1 aromatic rings. The molecule has 10 nitrogen and oxygen atoms in total. The maximum Gasteiger partial charge on any atom is 0.255 e. The first-order valence-corrected chi connectivity index (χ1v) is 6.04. The fourth-order valence-electron chi connectivity index (χ4n) is 1.49. The summed E-state index contributed by atoms with van der Waals surface area (Å²) >= 11 is 0. The molecule has 0 fully saturated rings. The standard InChI is InChI=1S/C11H15N5O5/c12-11(15-16(19)20)13-4-1-2-9(6-17)14-10(18)8-3-5-21-7-8/h3,5-7,9H,1-2,4H2,(H,14,18)(H3,12,13,15). The number of hydrogen-bond donors (Lipinski definition) is 4. The van der Waals surface area contributed by atoms with Gasteiger partial charge in [0.2, 0.25) is 0 Å². The maximum atomic E-state index is 11.7. The zero-order valence-electron chi connectivity index (χ0n) is 11.0. The van der Waals surface area contributed by atoms with E-state index in [1.165, 1.54) is 18.6 Å². The van der Waals surface area contributed by atoms with Gasteiger partial charge in [0.05, 0.1) is 17.9 Å². The molecule has 4 N–H and O–H groups in total. The van der Waals surface area contributed by atoms with E-state index in [1.54, 1.807) is 5.43 Å². The summed E-state index contributed by atoms with van der Waals surface area (Å²) in [4.78, 5) is 32.6. The molecule has 0 aromatic carbocycles. The molecule has 0 spiro atoms. The van der Waals surface area contributed by atoms with E-state index in [-0.39, 0.29) is 6.54 Å². The van der Waals surface area contributed by atoms with Gasteiger partial charge in [-0.15, -0.1) is 0 Å². The van der Waals surface area contributed by atoms with E-state index in [0.717, 1.165) is 0 Å². The average molecular weight is 297 g/mol. The summed E-state index contributed by atoms with van der Waals surface area (Å²) in [6.07, 6.45) is 4.01. The molecule has 1 aromatic heterocycles. The van der Waals surface area contributed by atoms with E-state index in [2.05, 4.69) is 10.6 Å². The first kappa shape index (κ1) is 16.1. The summed E-state index contributed by atoms with van der Waals surface area (Å²) in [6, 6.07) is 0.801. The monoisotopic (exact) mass is 297 g/mol. The highest BCUT2D eigenvalue weighted by molar-refractivity contribution is 5.95. The number of hydrazine groups is 1. The predicted octanol–water partition coefficient (Wildman–Crippen LogP) is -0.337. The maximum absolute atomic E-state index is 11.7. The van der Waals surface area contributed by atoms with Crippen LogP contribution in [0.1, 0.15) is 23.2 Å². The number of guanidine groups is 1. The molecule has 1 atom stereocenters. The molecule has 114 valence electrons. The van der Waals surface area contributed by atoms with Gasteiger partial charge in [-0.05, 0) is 18.9 Å². The van der Waals surface area contributed by atoms with Crippen molar-refractivity contribution in [3.8, 4) is 0 Å². The number of aldehydes is 1. The summed E-state index contributed by atoms with van der Waals surface area (Å²) < 4.78 is 4.76. The van der Waals surface area contributed by atoms with E-state index in [9.17, 15) is 19.7 Å². The molecule has 0 saturated carbocycles.